The van der Waals surface area contributed by atoms with Crippen LogP contribution in [-0.4, -0.2) is 98.3 Å². The fourth-order valence-electron chi connectivity index (χ4n) is 4.69. The molecule has 244 valence electrons. The molecule has 0 spiro atoms. The van der Waals surface area contributed by atoms with Crippen molar-refractivity contribution in [3.63, 3.8) is 0 Å². The number of amides is 2. The number of hydrogen-bond acceptors (Lipinski definition) is 9. The predicted molar refractivity (Wildman–Crippen MR) is 160 cm³/mol. The van der Waals surface area contributed by atoms with Crippen LogP contribution >= 0.6 is 0 Å². The van der Waals surface area contributed by atoms with E-state index in [1.807, 2.05) is 0 Å². The summed E-state index contributed by atoms with van der Waals surface area (Å²) >= 11 is 0. The number of nitrogens with zero attached hydrogens (tertiary/aromatic N) is 4. The average molecular weight is 625 g/mol. The highest BCUT2D eigenvalue weighted by atomic mass is 19.4. The lowest BCUT2D eigenvalue weighted by molar-refractivity contribution is -0.137. The van der Waals surface area contributed by atoms with E-state index in [4.69, 9.17) is 14.2 Å². The lowest BCUT2D eigenvalue weighted by atomic mass is 10.1. The minimum atomic E-state index is -4.60. The van der Waals surface area contributed by atoms with Crippen LogP contribution in [0.25, 0.3) is 0 Å². The van der Waals surface area contributed by atoms with Gasteiger partial charge in [0.25, 0.3) is 5.91 Å². The first-order chi connectivity index (χ1) is 21.2. The number of aromatic nitrogens is 2. The van der Waals surface area contributed by atoms with Crippen LogP contribution in [0.4, 0.5) is 30.6 Å². The van der Waals surface area contributed by atoms with Crippen molar-refractivity contribution in [2.45, 2.75) is 51.6 Å². The summed E-state index contributed by atoms with van der Waals surface area (Å²) in [6.07, 6.45) is 1.35. The number of hydrogen-bond donors (Lipinski definition) is 2. The van der Waals surface area contributed by atoms with Gasteiger partial charge in [0, 0.05) is 64.6 Å². The monoisotopic (exact) mass is 624 g/mol. The maximum absolute atomic E-state index is 13.2. The average Bonchev–Trinajstić information content (AvgIpc) is 3.02. The molecule has 2 N–H and O–H groups in total. The Hall–Kier alpha value is -3.65. The number of rotatable bonds is 17. The Morgan fingerprint density at radius 1 is 0.955 bits per heavy atom. The number of halogens is 3. The molecule has 2 amide bonds. The second kappa shape index (κ2) is 17.6. The highest BCUT2D eigenvalue weighted by Gasteiger charge is 2.35. The summed E-state index contributed by atoms with van der Waals surface area (Å²) in [7, 11) is 2.76. The number of piperazine rings is 1. The molecule has 11 nitrogen and oxygen atoms in total. The zero-order valence-electron chi connectivity index (χ0n) is 25.7. The van der Waals surface area contributed by atoms with Crippen LogP contribution in [0.2, 0.25) is 0 Å². The Morgan fingerprint density at radius 3 is 2.30 bits per heavy atom. The summed E-state index contributed by atoms with van der Waals surface area (Å²) in [5.74, 6) is -0.247. The number of alkyl halides is 3. The van der Waals surface area contributed by atoms with E-state index in [1.165, 1.54) is 14.2 Å². The van der Waals surface area contributed by atoms with Crippen molar-refractivity contribution >= 4 is 29.3 Å². The predicted octanol–water partition coefficient (Wildman–Crippen LogP) is 4.97. The quantitative estimate of drug-likeness (QED) is 0.235. The Morgan fingerprint density at radius 2 is 1.64 bits per heavy atom. The van der Waals surface area contributed by atoms with Gasteiger partial charge in [-0.3, -0.25) is 9.59 Å². The Balaban J connectivity index is 1.43. The summed E-state index contributed by atoms with van der Waals surface area (Å²) in [6.45, 7) is 6.54. The van der Waals surface area contributed by atoms with Gasteiger partial charge >= 0.3 is 6.18 Å². The van der Waals surface area contributed by atoms with Gasteiger partial charge in [0.2, 0.25) is 11.9 Å². The van der Waals surface area contributed by atoms with Crippen LogP contribution in [0, 0.1) is 0 Å². The smallest absolute Gasteiger partial charge is 0.421 e. The second-order valence-corrected chi connectivity index (χ2v) is 10.3. The molecule has 1 saturated heterocycles. The van der Waals surface area contributed by atoms with Gasteiger partial charge in [-0.15, -0.1) is 0 Å². The molecule has 0 radical (unpaired) electrons. The van der Waals surface area contributed by atoms with E-state index in [0.29, 0.717) is 75.6 Å². The number of unbranched alkanes of at least 4 members (excludes halogenated alkanes) is 3. The van der Waals surface area contributed by atoms with E-state index in [2.05, 4.69) is 27.5 Å². The molecule has 0 bridgehead atoms. The SMILES string of the molecule is CCCOCCOCCCCCCC(=O)N1CCN(C(=O)c2ccc(Nc3ncc(C(F)(F)F)c(NC)n3)c(OC)c2)CC1. The van der Waals surface area contributed by atoms with Gasteiger partial charge in [-0.05, 0) is 37.5 Å². The molecule has 0 atom stereocenters. The summed E-state index contributed by atoms with van der Waals surface area (Å²) in [6, 6.07) is 4.73. The molecule has 1 aliphatic heterocycles. The number of ether oxygens (including phenoxy) is 3. The number of benzene rings is 1. The van der Waals surface area contributed by atoms with E-state index in [0.717, 1.165) is 38.7 Å². The molecule has 1 aromatic carbocycles. The molecule has 0 saturated carbocycles. The third-order valence-electron chi connectivity index (χ3n) is 7.10. The summed E-state index contributed by atoms with van der Waals surface area (Å²) in [4.78, 5) is 37.1. The number of carbonyl (C=O) groups excluding carboxylic acids is 2. The fraction of sp³-hybridized carbons (Fsp3) is 0.600. The minimum Gasteiger partial charge on any atom is -0.495 e. The van der Waals surface area contributed by atoms with Crippen LogP contribution < -0.4 is 15.4 Å². The number of methoxy groups -OCH3 is 1. The van der Waals surface area contributed by atoms with Gasteiger partial charge in [-0.1, -0.05) is 19.8 Å². The highest BCUT2D eigenvalue weighted by Crippen LogP contribution is 2.34. The van der Waals surface area contributed by atoms with Crippen LogP contribution in [0.15, 0.2) is 24.4 Å². The van der Waals surface area contributed by atoms with E-state index in [-0.39, 0.29) is 23.6 Å². The van der Waals surface area contributed by atoms with Gasteiger partial charge < -0.3 is 34.6 Å². The normalized spacial score (nSPS) is 13.6. The van der Waals surface area contributed by atoms with Crippen molar-refractivity contribution < 1.29 is 37.0 Å². The summed E-state index contributed by atoms with van der Waals surface area (Å²) < 4.78 is 55.8. The van der Waals surface area contributed by atoms with Gasteiger partial charge in [0.15, 0.2) is 0 Å². The third-order valence-corrected chi connectivity index (χ3v) is 7.10. The van der Waals surface area contributed by atoms with Crippen molar-refractivity contribution in [3.8, 4) is 5.75 Å². The van der Waals surface area contributed by atoms with Crippen molar-refractivity contribution in [2.75, 3.05) is 77.4 Å². The molecular weight excluding hydrogens is 581 g/mol. The number of carbonyl (C=O) groups is 2. The number of nitrogens with one attached hydrogen (secondary N) is 2. The summed E-state index contributed by atoms with van der Waals surface area (Å²) in [5.41, 5.74) is -0.221. The molecule has 1 aliphatic rings. The maximum atomic E-state index is 13.2. The number of anilines is 3. The van der Waals surface area contributed by atoms with Crippen LogP contribution in [0.5, 0.6) is 5.75 Å². The Bertz CT molecular complexity index is 1210. The standard InChI is InChI=1S/C30H43F3N6O5/c1-4-16-43-18-19-44-17-8-6-5-7-9-26(40)38-12-14-39(15-13-38)28(41)22-10-11-24(25(20-22)42-3)36-29-35-21-23(30(31,32)33)27(34-2)37-29/h10-11,20-21H,4-9,12-19H2,1-3H3,(H2,34,35,36,37). The molecule has 2 heterocycles. The van der Waals surface area contributed by atoms with Crippen molar-refractivity contribution in [1.29, 1.82) is 0 Å². The van der Waals surface area contributed by atoms with E-state index in [1.54, 1.807) is 28.0 Å². The largest absolute Gasteiger partial charge is 0.495 e. The van der Waals surface area contributed by atoms with Gasteiger partial charge in [0.1, 0.15) is 17.1 Å². The lowest BCUT2D eigenvalue weighted by Gasteiger charge is -2.35. The zero-order valence-corrected chi connectivity index (χ0v) is 25.7. The molecule has 1 aromatic heterocycles. The van der Waals surface area contributed by atoms with Crippen LogP contribution in [-0.2, 0) is 20.4 Å². The highest BCUT2D eigenvalue weighted by molar-refractivity contribution is 5.95. The van der Waals surface area contributed by atoms with Crippen LogP contribution in [0.1, 0.15) is 61.4 Å². The minimum absolute atomic E-state index is 0.0711. The first-order valence-electron chi connectivity index (χ1n) is 15.0. The third kappa shape index (κ3) is 10.5. The van der Waals surface area contributed by atoms with Crippen molar-refractivity contribution in [2.24, 2.45) is 0 Å². The Kier molecular flexibility index (Phi) is 13.9. The molecule has 14 heteroatoms. The van der Waals surface area contributed by atoms with E-state index >= 15 is 0 Å². The summed E-state index contributed by atoms with van der Waals surface area (Å²) in [5, 5.41) is 5.28. The molecule has 0 unspecified atom stereocenters. The molecule has 2 aromatic rings. The molecule has 0 aliphatic carbocycles. The van der Waals surface area contributed by atoms with E-state index in [9.17, 15) is 22.8 Å². The first kappa shape index (κ1) is 34.8. The van der Waals surface area contributed by atoms with Crippen molar-refractivity contribution in [1.82, 2.24) is 19.8 Å². The Labute approximate surface area is 256 Å². The topological polar surface area (TPSA) is 118 Å². The van der Waals surface area contributed by atoms with Crippen molar-refractivity contribution in [3.05, 3.63) is 35.5 Å². The van der Waals surface area contributed by atoms with E-state index < -0.39 is 11.7 Å². The lowest BCUT2D eigenvalue weighted by Crippen LogP contribution is -2.50. The molecule has 44 heavy (non-hydrogen) atoms. The van der Waals surface area contributed by atoms with Crippen LogP contribution in [0.3, 0.4) is 0 Å². The van der Waals surface area contributed by atoms with Gasteiger partial charge in [-0.2, -0.15) is 18.2 Å². The molecule has 3 rings (SSSR count). The molecule has 1 fully saturated rings. The second-order valence-electron chi connectivity index (χ2n) is 10.3. The zero-order chi connectivity index (χ0) is 32.0. The molecular formula is C30H43F3N6O5. The van der Waals surface area contributed by atoms with Gasteiger partial charge in [0.05, 0.1) is 26.0 Å². The van der Waals surface area contributed by atoms with Gasteiger partial charge in [-0.25, -0.2) is 4.98 Å². The fourth-order valence-corrected chi connectivity index (χ4v) is 4.69. The maximum Gasteiger partial charge on any atom is 0.421 e. The first-order valence-corrected chi connectivity index (χ1v) is 15.0.